The maximum Gasteiger partial charge on any atom is 0.407 e. The Bertz CT molecular complexity index is 1380. The van der Waals surface area contributed by atoms with Crippen LogP contribution in [-0.4, -0.2) is 59.5 Å². The monoisotopic (exact) mass is 518 g/mol. The first-order valence-electron chi connectivity index (χ1n) is 9.95. The maximum absolute atomic E-state index is 13.4. The van der Waals surface area contributed by atoms with Gasteiger partial charge in [-0.1, -0.05) is 18.2 Å². The maximum atomic E-state index is 13.4. The molecule has 0 aliphatic carbocycles. The lowest BCUT2D eigenvalue weighted by Gasteiger charge is -2.37. The van der Waals surface area contributed by atoms with E-state index in [1.165, 1.54) is 28.1 Å². The third kappa shape index (κ3) is 2.73. The Morgan fingerprint density at radius 2 is 1.84 bits per heavy atom. The summed E-state index contributed by atoms with van der Waals surface area (Å²) in [5, 5.41) is 9.90. The van der Waals surface area contributed by atoms with Gasteiger partial charge >= 0.3 is 6.09 Å². The summed E-state index contributed by atoms with van der Waals surface area (Å²) in [6, 6.07) is 9.75. The van der Waals surface area contributed by atoms with Crippen molar-refractivity contribution in [2.45, 2.75) is 23.2 Å². The minimum absolute atomic E-state index is 0.123. The number of hydrogen-bond donors (Lipinski definition) is 1. The van der Waals surface area contributed by atoms with E-state index in [-0.39, 0.29) is 29.5 Å². The number of carboxylic acid groups (broad SMARTS) is 1. The lowest BCUT2D eigenvalue weighted by Crippen LogP contribution is -2.49. The van der Waals surface area contributed by atoms with E-state index in [9.17, 15) is 23.1 Å². The van der Waals surface area contributed by atoms with Crippen LogP contribution in [0.15, 0.2) is 52.1 Å². The fourth-order valence-corrected chi connectivity index (χ4v) is 7.18. The van der Waals surface area contributed by atoms with Crippen LogP contribution in [0.1, 0.15) is 18.4 Å². The normalized spacial score (nSPS) is 17.9. The molecule has 0 radical (unpaired) electrons. The van der Waals surface area contributed by atoms with Gasteiger partial charge in [0.15, 0.2) is 5.65 Å². The molecule has 2 aliphatic heterocycles. The van der Waals surface area contributed by atoms with Crippen LogP contribution in [0.5, 0.6) is 0 Å². The van der Waals surface area contributed by atoms with Crippen LogP contribution in [0.2, 0.25) is 0 Å². The van der Waals surface area contributed by atoms with Gasteiger partial charge in [0.2, 0.25) is 5.91 Å². The van der Waals surface area contributed by atoms with Crippen molar-refractivity contribution < 1.29 is 23.1 Å². The number of likely N-dealkylation sites (N-methyl/N-ethyl adjacent to an activating group) is 1. The summed E-state index contributed by atoms with van der Waals surface area (Å²) in [6.07, 6.45) is 1.16. The summed E-state index contributed by atoms with van der Waals surface area (Å²) in [4.78, 5) is 32.2. The number of hydrogen-bond acceptors (Lipinski definition) is 5. The van der Waals surface area contributed by atoms with Gasteiger partial charge in [0.05, 0.1) is 22.2 Å². The summed E-state index contributed by atoms with van der Waals surface area (Å²) < 4.78 is 28.2. The summed E-state index contributed by atoms with van der Waals surface area (Å²) >= 11 is 3.38. The van der Waals surface area contributed by atoms with E-state index >= 15 is 0 Å². The van der Waals surface area contributed by atoms with E-state index in [0.717, 1.165) is 3.97 Å². The molecule has 32 heavy (non-hydrogen) atoms. The number of nitrogens with zero attached hydrogens (tertiary/aromatic N) is 4. The van der Waals surface area contributed by atoms with Crippen molar-refractivity contribution in [2.24, 2.45) is 0 Å². The highest BCUT2D eigenvalue weighted by atomic mass is 79.9. The molecule has 1 fully saturated rings. The van der Waals surface area contributed by atoms with Crippen LogP contribution >= 0.6 is 15.9 Å². The standard InChI is InChI=1S/C21H19BrN4O5S/c1-24-15-12-23-18-14(11-16(22)26(18)32(30,31)13-5-3-2-4-6-13)17(15)21(19(24)27)7-9-25(10-8-21)20(28)29/h2-6,11-12H,7-10H2,1H3,(H,28,29). The fourth-order valence-electron chi connectivity index (χ4n) is 4.85. The van der Waals surface area contributed by atoms with E-state index < -0.39 is 21.5 Å². The lowest BCUT2D eigenvalue weighted by molar-refractivity contribution is -0.124. The zero-order valence-electron chi connectivity index (χ0n) is 17.0. The average Bonchev–Trinajstić information content (AvgIpc) is 3.23. The Hall–Kier alpha value is -2.92. The van der Waals surface area contributed by atoms with Crippen molar-refractivity contribution in [2.75, 3.05) is 25.0 Å². The van der Waals surface area contributed by atoms with Crippen LogP contribution < -0.4 is 4.90 Å². The third-order valence-electron chi connectivity index (χ3n) is 6.45. The minimum Gasteiger partial charge on any atom is -0.465 e. The number of carbonyl (C=O) groups excluding carboxylic acids is 1. The summed E-state index contributed by atoms with van der Waals surface area (Å²) in [7, 11) is -2.27. The van der Waals surface area contributed by atoms with Gasteiger partial charge in [-0.05, 0) is 47.0 Å². The van der Waals surface area contributed by atoms with Gasteiger partial charge in [-0.3, -0.25) is 4.79 Å². The number of piperidine rings is 1. The molecule has 0 saturated carbocycles. The topological polar surface area (TPSA) is 113 Å². The van der Waals surface area contributed by atoms with Gasteiger partial charge in [-0.25, -0.2) is 22.2 Å². The molecule has 1 aromatic carbocycles. The largest absolute Gasteiger partial charge is 0.465 e. The van der Waals surface area contributed by atoms with Crippen molar-refractivity contribution in [1.29, 1.82) is 0 Å². The molecule has 0 unspecified atom stereocenters. The Morgan fingerprint density at radius 1 is 1.19 bits per heavy atom. The number of benzene rings is 1. The first kappa shape index (κ1) is 21.0. The summed E-state index contributed by atoms with van der Waals surface area (Å²) in [5.41, 5.74) is 0.637. The molecule has 2 amide bonds. The van der Waals surface area contributed by atoms with Gasteiger partial charge in [0.1, 0.15) is 4.60 Å². The van der Waals surface area contributed by atoms with E-state index in [2.05, 4.69) is 20.9 Å². The molecule has 3 aromatic rings. The lowest BCUT2D eigenvalue weighted by atomic mass is 9.73. The molecule has 2 aliphatic rings. The molecule has 11 heteroatoms. The van der Waals surface area contributed by atoms with Crippen molar-refractivity contribution in [1.82, 2.24) is 13.9 Å². The minimum atomic E-state index is -3.94. The summed E-state index contributed by atoms with van der Waals surface area (Å²) in [6.45, 7) is 0.449. The number of halogens is 1. The van der Waals surface area contributed by atoms with Crippen LogP contribution in [-0.2, 0) is 20.2 Å². The number of rotatable bonds is 2. The average molecular weight is 519 g/mol. The molecule has 9 nitrogen and oxygen atoms in total. The number of fused-ring (bicyclic) bond motifs is 4. The highest BCUT2D eigenvalue weighted by Crippen LogP contribution is 2.50. The van der Waals surface area contributed by atoms with Crippen molar-refractivity contribution in [3.63, 3.8) is 0 Å². The predicted molar refractivity (Wildman–Crippen MR) is 120 cm³/mol. The van der Waals surface area contributed by atoms with Gasteiger partial charge < -0.3 is 14.9 Å². The van der Waals surface area contributed by atoms with Gasteiger partial charge in [0.25, 0.3) is 10.0 Å². The highest BCUT2D eigenvalue weighted by molar-refractivity contribution is 9.10. The zero-order valence-corrected chi connectivity index (χ0v) is 19.4. The molecular weight excluding hydrogens is 500 g/mol. The Morgan fingerprint density at radius 3 is 2.47 bits per heavy atom. The molecule has 1 spiro atoms. The van der Waals surface area contributed by atoms with Crippen LogP contribution in [0.3, 0.4) is 0 Å². The first-order chi connectivity index (χ1) is 15.2. The molecule has 5 rings (SSSR count). The summed E-state index contributed by atoms with van der Waals surface area (Å²) in [5.74, 6) is -0.123. The highest BCUT2D eigenvalue weighted by Gasteiger charge is 2.53. The zero-order chi connectivity index (χ0) is 22.8. The molecular formula is C21H19BrN4O5S. The van der Waals surface area contributed by atoms with Gasteiger partial charge in [-0.15, -0.1) is 0 Å². The molecule has 0 bridgehead atoms. The number of likely N-dealkylation sites (tertiary alicyclic amines) is 1. The third-order valence-corrected chi connectivity index (χ3v) is 8.98. The van der Waals surface area contributed by atoms with Crippen LogP contribution in [0.4, 0.5) is 10.5 Å². The van der Waals surface area contributed by atoms with Crippen LogP contribution in [0.25, 0.3) is 11.0 Å². The van der Waals surface area contributed by atoms with Crippen molar-refractivity contribution >= 4 is 54.7 Å². The second-order valence-electron chi connectivity index (χ2n) is 8.02. The van der Waals surface area contributed by atoms with E-state index in [1.807, 2.05) is 0 Å². The fraction of sp³-hybridized carbons (Fsp3) is 0.286. The molecule has 1 saturated heterocycles. The number of carbonyl (C=O) groups is 2. The number of pyridine rings is 1. The number of aromatic nitrogens is 2. The first-order valence-corrected chi connectivity index (χ1v) is 12.2. The predicted octanol–water partition coefficient (Wildman–Crippen LogP) is 3.02. The quantitative estimate of drug-likeness (QED) is 0.557. The Labute approximate surface area is 192 Å². The van der Waals surface area contributed by atoms with Crippen molar-refractivity contribution in [3.8, 4) is 0 Å². The number of anilines is 1. The van der Waals surface area contributed by atoms with E-state index in [0.29, 0.717) is 34.1 Å². The van der Waals surface area contributed by atoms with Gasteiger partial charge in [0, 0.05) is 31.1 Å². The second-order valence-corrected chi connectivity index (χ2v) is 10.6. The Balaban J connectivity index is 1.73. The molecule has 4 heterocycles. The van der Waals surface area contributed by atoms with Gasteiger partial charge in [-0.2, -0.15) is 0 Å². The molecule has 2 aromatic heterocycles. The Kier molecular flexibility index (Phi) is 4.61. The van der Waals surface area contributed by atoms with E-state index in [1.54, 1.807) is 31.3 Å². The van der Waals surface area contributed by atoms with Crippen LogP contribution in [0, 0.1) is 0 Å². The second kappa shape index (κ2) is 7.04. The van der Waals surface area contributed by atoms with E-state index in [4.69, 9.17) is 0 Å². The molecule has 0 atom stereocenters. The molecule has 166 valence electrons. The smallest absolute Gasteiger partial charge is 0.407 e. The molecule has 1 N–H and O–H groups in total. The van der Waals surface area contributed by atoms with Crippen molar-refractivity contribution in [3.05, 3.63) is 52.8 Å². The number of amides is 2. The SMILES string of the molecule is CN1C(=O)C2(CCN(C(=O)O)CC2)c2c1cnc1c2cc(Br)n1S(=O)(=O)c1ccccc1.